The van der Waals surface area contributed by atoms with Crippen LogP contribution in [0.1, 0.15) is 45.3 Å². The van der Waals surface area contributed by atoms with Gasteiger partial charge in [0.25, 0.3) is 0 Å². The first kappa shape index (κ1) is 14.5. The highest BCUT2D eigenvalue weighted by atomic mass is 16.5. The zero-order chi connectivity index (χ0) is 13.8. The van der Waals surface area contributed by atoms with E-state index < -0.39 is 0 Å². The van der Waals surface area contributed by atoms with Gasteiger partial charge in [0.1, 0.15) is 0 Å². The summed E-state index contributed by atoms with van der Waals surface area (Å²) in [5, 5.41) is 4.04. The van der Waals surface area contributed by atoms with E-state index in [4.69, 9.17) is 10.3 Å². The average Bonchev–Trinajstić information content (AvgIpc) is 2.78. The van der Waals surface area contributed by atoms with Gasteiger partial charge in [-0.3, -0.25) is 4.90 Å². The van der Waals surface area contributed by atoms with Crippen LogP contribution in [0.3, 0.4) is 0 Å². The van der Waals surface area contributed by atoms with E-state index in [0.717, 1.165) is 37.1 Å². The Morgan fingerprint density at radius 1 is 1.47 bits per heavy atom. The van der Waals surface area contributed by atoms with Gasteiger partial charge in [-0.2, -0.15) is 4.98 Å². The molecule has 0 saturated carbocycles. The van der Waals surface area contributed by atoms with Gasteiger partial charge in [-0.1, -0.05) is 25.9 Å². The molecular formula is C14H26N4O. The summed E-state index contributed by atoms with van der Waals surface area (Å²) < 4.78 is 5.34. The van der Waals surface area contributed by atoms with Crippen molar-refractivity contribution >= 4 is 0 Å². The van der Waals surface area contributed by atoms with Gasteiger partial charge in [0.05, 0.1) is 6.54 Å². The number of hydrogen-bond donors (Lipinski definition) is 1. The predicted molar refractivity (Wildman–Crippen MR) is 74.5 cm³/mol. The van der Waals surface area contributed by atoms with E-state index in [1.165, 1.54) is 12.8 Å². The van der Waals surface area contributed by atoms with E-state index in [2.05, 4.69) is 35.8 Å². The smallest absolute Gasteiger partial charge is 0.240 e. The number of nitrogens with two attached hydrogens (primary N) is 1. The molecule has 1 fully saturated rings. The molecule has 0 aliphatic carbocycles. The fourth-order valence-corrected chi connectivity index (χ4v) is 2.73. The Hall–Kier alpha value is -0.940. The van der Waals surface area contributed by atoms with Gasteiger partial charge in [-0.15, -0.1) is 0 Å². The molecule has 2 rings (SSSR count). The van der Waals surface area contributed by atoms with Gasteiger partial charge < -0.3 is 10.3 Å². The Kier molecular flexibility index (Phi) is 4.93. The third-order valence-electron chi connectivity index (χ3n) is 3.81. The van der Waals surface area contributed by atoms with E-state index in [0.29, 0.717) is 18.5 Å². The summed E-state index contributed by atoms with van der Waals surface area (Å²) >= 11 is 0. The lowest BCUT2D eigenvalue weighted by molar-refractivity contribution is 0.102. The molecule has 2 atom stereocenters. The van der Waals surface area contributed by atoms with E-state index in [-0.39, 0.29) is 0 Å². The molecule has 0 amide bonds. The lowest BCUT2D eigenvalue weighted by Gasteiger charge is -2.36. The van der Waals surface area contributed by atoms with Gasteiger partial charge >= 0.3 is 0 Å². The SMILES string of the molecule is CC(C)Cc1noc(CN2CCC(C)CC2CN)n1. The first-order chi connectivity index (χ1) is 9.08. The van der Waals surface area contributed by atoms with Crippen LogP contribution in [-0.4, -0.2) is 34.2 Å². The van der Waals surface area contributed by atoms with Crippen molar-refractivity contribution in [1.29, 1.82) is 0 Å². The molecule has 2 unspecified atom stereocenters. The van der Waals surface area contributed by atoms with Crippen molar-refractivity contribution in [1.82, 2.24) is 15.0 Å². The number of hydrogen-bond acceptors (Lipinski definition) is 5. The Morgan fingerprint density at radius 2 is 2.26 bits per heavy atom. The number of rotatable bonds is 5. The monoisotopic (exact) mass is 266 g/mol. The van der Waals surface area contributed by atoms with Crippen molar-refractivity contribution in [3.05, 3.63) is 11.7 Å². The molecule has 1 aliphatic rings. The molecule has 2 heterocycles. The molecule has 0 spiro atoms. The topological polar surface area (TPSA) is 68.2 Å². The van der Waals surface area contributed by atoms with Crippen molar-refractivity contribution in [3.8, 4) is 0 Å². The van der Waals surface area contributed by atoms with Gasteiger partial charge in [0.15, 0.2) is 5.82 Å². The maximum Gasteiger partial charge on any atom is 0.240 e. The quantitative estimate of drug-likeness (QED) is 0.880. The summed E-state index contributed by atoms with van der Waals surface area (Å²) in [6.07, 6.45) is 3.27. The number of aromatic nitrogens is 2. The second-order valence-electron chi connectivity index (χ2n) is 6.19. The van der Waals surface area contributed by atoms with E-state index in [9.17, 15) is 0 Å². The molecular weight excluding hydrogens is 240 g/mol. The minimum absolute atomic E-state index is 0.448. The summed E-state index contributed by atoms with van der Waals surface area (Å²) in [5.74, 6) is 2.87. The summed E-state index contributed by atoms with van der Waals surface area (Å²) in [6, 6.07) is 0.448. The Balaban J connectivity index is 1.94. The Labute approximate surface area is 115 Å². The molecule has 0 aromatic carbocycles. The zero-order valence-electron chi connectivity index (χ0n) is 12.3. The van der Waals surface area contributed by atoms with Crippen molar-refractivity contribution in [2.24, 2.45) is 17.6 Å². The number of nitrogens with zero attached hydrogens (tertiary/aromatic N) is 3. The highest BCUT2D eigenvalue weighted by Gasteiger charge is 2.26. The minimum Gasteiger partial charge on any atom is -0.338 e. The predicted octanol–water partition coefficient (Wildman–Crippen LogP) is 1.83. The normalized spacial score (nSPS) is 25.1. The molecule has 0 radical (unpaired) electrons. The fraction of sp³-hybridized carbons (Fsp3) is 0.857. The lowest BCUT2D eigenvalue weighted by atomic mass is 9.92. The molecule has 19 heavy (non-hydrogen) atoms. The van der Waals surface area contributed by atoms with E-state index in [1.54, 1.807) is 0 Å². The fourth-order valence-electron chi connectivity index (χ4n) is 2.73. The standard InChI is InChI=1S/C14H26N4O/c1-10(2)6-13-16-14(19-17-13)9-18-5-4-11(3)7-12(18)8-15/h10-12H,4-9,15H2,1-3H3. The highest BCUT2D eigenvalue weighted by Crippen LogP contribution is 2.23. The molecule has 1 aromatic heterocycles. The van der Waals surface area contributed by atoms with Gasteiger partial charge in [-0.05, 0) is 31.2 Å². The van der Waals surface area contributed by atoms with Crippen molar-refractivity contribution in [3.63, 3.8) is 0 Å². The van der Waals surface area contributed by atoms with Crippen LogP contribution < -0.4 is 5.73 Å². The lowest BCUT2D eigenvalue weighted by Crippen LogP contribution is -2.45. The molecule has 2 N–H and O–H groups in total. The summed E-state index contributed by atoms with van der Waals surface area (Å²) in [4.78, 5) is 6.85. The van der Waals surface area contributed by atoms with Crippen LogP contribution in [0.25, 0.3) is 0 Å². The third-order valence-corrected chi connectivity index (χ3v) is 3.81. The molecule has 5 nitrogen and oxygen atoms in total. The molecule has 0 bridgehead atoms. The number of piperidine rings is 1. The Morgan fingerprint density at radius 3 is 2.95 bits per heavy atom. The van der Waals surface area contributed by atoms with Crippen LogP contribution in [-0.2, 0) is 13.0 Å². The first-order valence-electron chi connectivity index (χ1n) is 7.34. The molecule has 5 heteroatoms. The number of likely N-dealkylation sites (tertiary alicyclic amines) is 1. The van der Waals surface area contributed by atoms with Crippen LogP contribution in [0.5, 0.6) is 0 Å². The van der Waals surface area contributed by atoms with Crippen LogP contribution in [0, 0.1) is 11.8 Å². The average molecular weight is 266 g/mol. The maximum atomic E-state index is 5.87. The molecule has 1 aromatic rings. The summed E-state index contributed by atoms with van der Waals surface area (Å²) in [6.45, 7) is 9.13. The largest absolute Gasteiger partial charge is 0.338 e. The maximum absolute atomic E-state index is 5.87. The summed E-state index contributed by atoms with van der Waals surface area (Å²) in [5.41, 5.74) is 5.87. The molecule has 1 aliphatic heterocycles. The van der Waals surface area contributed by atoms with Gasteiger partial charge in [0, 0.05) is 19.0 Å². The van der Waals surface area contributed by atoms with Crippen molar-refractivity contribution < 1.29 is 4.52 Å². The van der Waals surface area contributed by atoms with Crippen molar-refractivity contribution in [2.75, 3.05) is 13.1 Å². The van der Waals surface area contributed by atoms with E-state index in [1.807, 2.05) is 0 Å². The zero-order valence-corrected chi connectivity index (χ0v) is 12.3. The van der Waals surface area contributed by atoms with Gasteiger partial charge in [0.2, 0.25) is 5.89 Å². The van der Waals surface area contributed by atoms with E-state index >= 15 is 0 Å². The van der Waals surface area contributed by atoms with Crippen LogP contribution in [0.2, 0.25) is 0 Å². The van der Waals surface area contributed by atoms with Crippen molar-refractivity contribution in [2.45, 2.75) is 52.6 Å². The molecule has 108 valence electrons. The van der Waals surface area contributed by atoms with Crippen LogP contribution >= 0.6 is 0 Å². The van der Waals surface area contributed by atoms with Crippen LogP contribution in [0.4, 0.5) is 0 Å². The Bertz CT molecular complexity index is 391. The minimum atomic E-state index is 0.448. The van der Waals surface area contributed by atoms with Gasteiger partial charge in [-0.25, -0.2) is 0 Å². The second kappa shape index (κ2) is 6.48. The first-order valence-corrected chi connectivity index (χ1v) is 7.34. The third kappa shape index (κ3) is 4.01. The highest BCUT2D eigenvalue weighted by molar-refractivity contribution is 4.90. The summed E-state index contributed by atoms with van der Waals surface area (Å²) in [7, 11) is 0. The van der Waals surface area contributed by atoms with Crippen LogP contribution in [0.15, 0.2) is 4.52 Å². The second-order valence-corrected chi connectivity index (χ2v) is 6.19. The molecule has 1 saturated heterocycles.